The fraction of sp³-hybridized carbons (Fsp3) is 0.0444. The third kappa shape index (κ3) is 4.79. The summed E-state index contributed by atoms with van der Waals surface area (Å²) in [6, 6.07) is 59.5. The number of nitrogens with one attached hydrogen (secondary N) is 1. The van der Waals surface area contributed by atoms with Gasteiger partial charge in [0.15, 0.2) is 0 Å². The van der Waals surface area contributed by atoms with Crippen molar-refractivity contribution in [3.8, 4) is 16.8 Å². The van der Waals surface area contributed by atoms with E-state index in [-0.39, 0.29) is 12.3 Å². The molecule has 5 nitrogen and oxygen atoms in total. The van der Waals surface area contributed by atoms with Gasteiger partial charge in [-0.05, 0) is 71.0 Å². The Labute approximate surface area is 289 Å². The average molecular weight is 644 g/mol. The predicted molar refractivity (Wildman–Crippen MR) is 205 cm³/mol. The number of rotatable bonds is 5. The lowest BCUT2D eigenvalue weighted by molar-refractivity contribution is 0.631. The van der Waals surface area contributed by atoms with E-state index in [1.54, 1.807) is 0 Å². The van der Waals surface area contributed by atoms with E-state index in [1.165, 1.54) is 10.9 Å². The monoisotopic (exact) mass is 643 g/mol. The van der Waals surface area contributed by atoms with Gasteiger partial charge < -0.3 is 19.6 Å². The van der Waals surface area contributed by atoms with Crippen LogP contribution in [0.5, 0.6) is 0 Å². The Bertz CT molecular complexity index is 2720. The smallest absolute Gasteiger partial charge is 0.136 e. The second kappa shape index (κ2) is 11.6. The third-order valence-corrected chi connectivity index (χ3v) is 9.77. The minimum atomic E-state index is -0.375. The molecule has 7 aromatic carbocycles. The quantitative estimate of drug-likeness (QED) is 0.203. The lowest BCUT2D eigenvalue weighted by Gasteiger charge is -2.44. The molecule has 0 amide bonds. The fourth-order valence-corrected chi connectivity index (χ4v) is 7.39. The molecular formula is C45H31N4O-. The number of hydrogen-bond acceptors (Lipinski definition) is 3. The number of furan rings is 1. The van der Waals surface area contributed by atoms with Crippen molar-refractivity contribution in [3.63, 3.8) is 0 Å². The van der Waals surface area contributed by atoms with E-state index in [0.717, 1.165) is 72.1 Å². The van der Waals surface area contributed by atoms with Crippen LogP contribution in [0.2, 0.25) is 0 Å². The normalized spacial score (nSPS) is 16.2. The van der Waals surface area contributed by atoms with Gasteiger partial charge in [0.05, 0.1) is 11.0 Å². The average Bonchev–Trinajstić information content (AvgIpc) is 3.72. The number of benzene rings is 7. The molecule has 0 saturated heterocycles. The molecule has 0 saturated carbocycles. The van der Waals surface area contributed by atoms with Crippen LogP contribution in [0.3, 0.4) is 0 Å². The SMILES string of the molecule is c1ccc(-c2cccc(C3N=C(c4cccc(-n5c6ccccc6c6cc7oc8ccccc8c7cc65)c4)NC(c4ccccc4)[N-]3)c2)cc1. The Morgan fingerprint density at radius 2 is 1.20 bits per heavy atom. The molecule has 3 heterocycles. The van der Waals surface area contributed by atoms with Gasteiger partial charge in [0.2, 0.25) is 0 Å². The van der Waals surface area contributed by atoms with E-state index in [9.17, 15) is 0 Å². The van der Waals surface area contributed by atoms with Crippen molar-refractivity contribution in [1.82, 2.24) is 9.88 Å². The van der Waals surface area contributed by atoms with Crippen LogP contribution in [0.15, 0.2) is 179 Å². The van der Waals surface area contributed by atoms with Gasteiger partial charge in [-0.2, -0.15) is 0 Å². The van der Waals surface area contributed by atoms with Crippen LogP contribution < -0.4 is 5.32 Å². The molecule has 0 fully saturated rings. The van der Waals surface area contributed by atoms with E-state index in [4.69, 9.17) is 14.7 Å². The highest BCUT2D eigenvalue weighted by molar-refractivity contribution is 6.17. The molecule has 238 valence electrons. The van der Waals surface area contributed by atoms with Crippen LogP contribution in [0.25, 0.3) is 65.9 Å². The number of fused-ring (bicyclic) bond motifs is 6. The molecule has 0 bridgehead atoms. The van der Waals surface area contributed by atoms with E-state index in [1.807, 2.05) is 24.3 Å². The van der Waals surface area contributed by atoms with E-state index in [2.05, 4.69) is 155 Å². The summed E-state index contributed by atoms with van der Waals surface area (Å²) in [5, 5.41) is 13.5. The first-order valence-corrected chi connectivity index (χ1v) is 17.0. The second-order valence-electron chi connectivity index (χ2n) is 12.8. The van der Waals surface area contributed by atoms with Crippen molar-refractivity contribution in [3.05, 3.63) is 192 Å². The van der Waals surface area contributed by atoms with E-state index < -0.39 is 0 Å². The predicted octanol–water partition coefficient (Wildman–Crippen LogP) is 11.5. The Morgan fingerprint density at radius 3 is 2.08 bits per heavy atom. The fourth-order valence-electron chi connectivity index (χ4n) is 7.39. The third-order valence-electron chi connectivity index (χ3n) is 9.77. The summed E-state index contributed by atoms with van der Waals surface area (Å²) in [5.74, 6) is 0.815. The second-order valence-corrected chi connectivity index (χ2v) is 12.8. The van der Waals surface area contributed by atoms with Gasteiger partial charge in [0.25, 0.3) is 0 Å². The molecule has 9 aromatic rings. The molecule has 50 heavy (non-hydrogen) atoms. The van der Waals surface area contributed by atoms with Crippen molar-refractivity contribution >= 4 is 49.6 Å². The molecule has 1 N–H and O–H groups in total. The molecule has 2 unspecified atom stereocenters. The molecule has 2 aromatic heterocycles. The summed E-state index contributed by atoms with van der Waals surface area (Å²) >= 11 is 0. The maximum absolute atomic E-state index is 6.31. The maximum atomic E-state index is 6.31. The zero-order valence-electron chi connectivity index (χ0n) is 27.1. The van der Waals surface area contributed by atoms with Crippen LogP contribution in [0.4, 0.5) is 0 Å². The molecule has 1 aliphatic heterocycles. The van der Waals surface area contributed by atoms with Crippen LogP contribution in [-0.2, 0) is 0 Å². The summed E-state index contributed by atoms with van der Waals surface area (Å²) in [5.41, 5.74) is 10.6. The number of amidine groups is 1. The first-order chi connectivity index (χ1) is 24.8. The topological polar surface area (TPSA) is 56.6 Å². The highest BCUT2D eigenvalue weighted by atomic mass is 16.3. The Hall–Kier alpha value is -6.43. The Morgan fingerprint density at radius 1 is 0.500 bits per heavy atom. The minimum absolute atomic E-state index is 0.256. The zero-order chi connectivity index (χ0) is 33.0. The molecule has 0 radical (unpaired) electrons. The van der Waals surface area contributed by atoms with Gasteiger partial charge in [0, 0.05) is 32.8 Å². The van der Waals surface area contributed by atoms with Crippen molar-refractivity contribution in [2.75, 3.05) is 0 Å². The number of aromatic nitrogens is 1. The molecule has 1 aliphatic rings. The molecule has 5 heteroatoms. The van der Waals surface area contributed by atoms with Crippen molar-refractivity contribution in [1.29, 1.82) is 0 Å². The van der Waals surface area contributed by atoms with Crippen LogP contribution in [-0.4, -0.2) is 10.4 Å². The Kier molecular flexibility index (Phi) is 6.64. The molecule has 0 aliphatic carbocycles. The standard InChI is InChI=1S/C45H31N4O/c1-3-13-29(14-4-1)31-17-11-18-32(25-31)44-46-43(30-15-5-2-6-16-30)47-45(48-44)33-19-12-20-34(26-33)49-39-23-9-7-21-35(39)37-28-42-38(27-40(37)49)36-22-8-10-24-41(36)50-42/h1-28,43-44H,(H,47,48)/q-1. The number of aliphatic imine (C=N–C) groups is 1. The number of nitrogens with zero attached hydrogens (tertiary/aromatic N) is 3. The van der Waals surface area contributed by atoms with Gasteiger partial charge >= 0.3 is 0 Å². The lowest BCUT2D eigenvalue weighted by Crippen LogP contribution is -2.34. The highest BCUT2D eigenvalue weighted by Gasteiger charge is 2.20. The van der Waals surface area contributed by atoms with E-state index >= 15 is 0 Å². The van der Waals surface area contributed by atoms with E-state index in [0.29, 0.717) is 0 Å². The van der Waals surface area contributed by atoms with Gasteiger partial charge in [-0.25, -0.2) is 0 Å². The molecular weight excluding hydrogens is 613 g/mol. The van der Waals surface area contributed by atoms with Crippen LogP contribution in [0.1, 0.15) is 29.0 Å². The van der Waals surface area contributed by atoms with Crippen molar-refractivity contribution in [2.45, 2.75) is 12.3 Å². The maximum Gasteiger partial charge on any atom is 0.136 e. The van der Waals surface area contributed by atoms with Gasteiger partial charge in [-0.1, -0.05) is 133 Å². The first-order valence-electron chi connectivity index (χ1n) is 17.0. The summed E-state index contributed by atoms with van der Waals surface area (Å²) in [4.78, 5) is 5.27. The Balaban J connectivity index is 1.12. The molecule has 10 rings (SSSR count). The summed E-state index contributed by atoms with van der Waals surface area (Å²) in [6.45, 7) is 0. The summed E-state index contributed by atoms with van der Waals surface area (Å²) < 4.78 is 8.67. The number of para-hydroxylation sites is 2. The molecule has 0 spiro atoms. The summed E-state index contributed by atoms with van der Waals surface area (Å²) in [6.07, 6.45) is -0.631. The zero-order valence-corrected chi connectivity index (χ0v) is 27.1. The van der Waals surface area contributed by atoms with Crippen LogP contribution in [0, 0.1) is 0 Å². The van der Waals surface area contributed by atoms with Gasteiger partial charge in [-0.3, -0.25) is 4.99 Å². The summed E-state index contributed by atoms with van der Waals surface area (Å²) in [7, 11) is 0. The van der Waals surface area contributed by atoms with Crippen molar-refractivity contribution in [2.24, 2.45) is 4.99 Å². The largest absolute Gasteiger partial charge is 0.613 e. The highest BCUT2D eigenvalue weighted by Crippen LogP contribution is 2.40. The molecule has 2 atom stereocenters. The lowest BCUT2D eigenvalue weighted by atomic mass is 10.0. The van der Waals surface area contributed by atoms with Crippen molar-refractivity contribution < 1.29 is 4.42 Å². The van der Waals surface area contributed by atoms with Gasteiger partial charge in [-0.15, -0.1) is 0 Å². The van der Waals surface area contributed by atoms with Gasteiger partial charge in [0.1, 0.15) is 17.0 Å². The van der Waals surface area contributed by atoms with Crippen LogP contribution >= 0.6 is 0 Å². The number of hydrogen-bond donors (Lipinski definition) is 1. The first kappa shape index (κ1) is 28.6. The minimum Gasteiger partial charge on any atom is -0.613 e.